The van der Waals surface area contributed by atoms with Gasteiger partial charge >= 0.3 is 5.97 Å². The Morgan fingerprint density at radius 1 is 1.11 bits per heavy atom. The molecule has 0 aliphatic rings. The van der Waals surface area contributed by atoms with Crippen LogP contribution in [0.25, 0.3) is 0 Å². The van der Waals surface area contributed by atoms with E-state index in [2.05, 4.69) is 71.0 Å². The quantitative estimate of drug-likeness (QED) is 0.727. The molecule has 0 bridgehead atoms. The van der Waals surface area contributed by atoms with Gasteiger partial charge in [-0.25, -0.2) is 4.68 Å². The molecule has 5 nitrogen and oxygen atoms in total. The van der Waals surface area contributed by atoms with Gasteiger partial charge in [-0.2, -0.15) is 5.10 Å². The first-order chi connectivity index (χ1) is 12.4. The Morgan fingerprint density at radius 3 is 2.11 bits per heavy atom. The van der Waals surface area contributed by atoms with Crippen LogP contribution in [-0.2, 0) is 28.6 Å². The third-order valence-corrected chi connectivity index (χ3v) is 4.62. The van der Waals surface area contributed by atoms with Crippen molar-refractivity contribution < 1.29 is 9.90 Å². The molecule has 2 N–H and O–H groups in total. The summed E-state index contributed by atoms with van der Waals surface area (Å²) in [6.07, 6.45) is 2.84. The van der Waals surface area contributed by atoms with E-state index in [1.807, 2.05) is 10.7 Å². The number of aliphatic carboxylic acids is 1. The molecule has 2 aromatic rings. The van der Waals surface area contributed by atoms with Crippen LogP contribution in [0.5, 0.6) is 0 Å². The lowest BCUT2D eigenvalue weighted by Gasteiger charge is -2.31. The van der Waals surface area contributed by atoms with Crippen molar-refractivity contribution in [1.29, 1.82) is 0 Å². The van der Waals surface area contributed by atoms with Gasteiger partial charge in [-0.3, -0.25) is 4.79 Å². The summed E-state index contributed by atoms with van der Waals surface area (Å²) < 4.78 is 1.96. The van der Waals surface area contributed by atoms with Crippen LogP contribution in [0.1, 0.15) is 71.6 Å². The number of hydrogen-bond donors (Lipinski definition) is 2. The zero-order valence-electron chi connectivity index (χ0n) is 17.7. The van der Waals surface area contributed by atoms with Gasteiger partial charge in [0.25, 0.3) is 0 Å². The van der Waals surface area contributed by atoms with Gasteiger partial charge in [0.15, 0.2) is 0 Å². The number of aryl methyl sites for hydroxylation is 1. The number of rotatable bonds is 6. The first kappa shape index (κ1) is 21.0. The molecule has 2 rings (SSSR count). The zero-order valence-corrected chi connectivity index (χ0v) is 17.7. The number of nitrogens with one attached hydrogen (secondary N) is 1. The van der Waals surface area contributed by atoms with E-state index < -0.39 is 5.97 Å². The molecule has 27 heavy (non-hydrogen) atoms. The Hall–Kier alpha value is -2.30. The van der Waals surface area contributed by atoms with Crippen LogP contribution in [0.4, 0.5) is 11.5 Å². The van der Waals surface area contributed by atoms with Crippen LogP contribution in [0.15, 0.2) is 24.4 Å². The van der Waals surface area contributed by atoms with Crippen molar-refractivity contribution in [2.75, 3.05) is 5.32 Å². The molecule has 0 saturated heterocycles. The third-order valence-electron chi connectivity index (χ3n) is 4.62. The summed E-state index contributed by atoms with van der Waals surface area (Å²) in [5.74, 6) is 0.148. The molecule has 0 atom stereocenters. The van der Waals surface area contributed by atoms with E-state index in [-0.39, 0.29) is 17.3 Å². The average molecular weight is 372 g/mol. The minimum atomic E-state index is -0.798. The Balaban J connectivity index is 2.62. The molecule has 1 aromatic carbocycles. The summed E-state index contributed by atoms with van der Waals surface area (Å²) in [7, 11) is 0. The van der Waals surface area contributed by atoms with Crippen molar-refractivity contribution in [3.05, 3.63) is 41.1 Å². The number of carbonyl (C=O) groups is 1. The highest BCUT2D eigenvalue weighted by molar-refractivity contribution is 5.73. The second kappa shape index (κ2) is 7.75. The average Bonchev–Trinajstić information content (AvgIpc) is 2.93. The number of hydrogen-bond acceptors (Lipinski definition) is 3. The monoisotopic (exact) mass is 371 g/mol. The normalized spacial score (nSPS) is 12.3. The van der Waals surface area contributed by atoms with Crippen LogP contribution in [-0.4, -0.2) is 20.9 Å². The molecule has 0 saturated carbocycles. The molecular formula is C22H33N3O2. The lowest BCUT2D eigenvalue weighted by atomic mass is 9.75. The lowest BCUT2D eigenvalue weighted by molar-refractivity contribution is -0.136. The second-order valence-electron chi connectivity index (χ2n) is 9.19. The first-order valence-electron chi connectivity index (χ1n) is 9.62. The topological polar surface area (TPSA) is 67.2 Å². The summed E-state index contributed by atoms with van der Waals surface area (Å²) in [6.45, 7) is 15.8. The summed E-state index contributed by atoms with van der Waals surface area (Å²) in [5.41, 5.74) is 3.72. The predicted molar refractivity (Wildman–Crippen MR) is 111 cm³/mol. The minimum absolute atomic E-state index is 0.0350. The van der Waals surface area contributed by atoms with E-state index in [1.54, 1.807) is 6.20 Å². The smallest absolute Gasteiger partial charge is 0.307 e. The molecule has 0 amide bonds. The van der Waals surface area contributed by atoms with Gasteiger partial charge in [-0.05, 0) is 46.1 Å². The Bertz CT molecular complexity index is 773. The molecule has 0 unspecified atom stereocenters. The second-order valence-corrected chi connectivity index (χ2v) is 9.19. The molecule has 1 aromatic heterocycles. The van der Waals surface area contributed by atoms with Crippen molar-refractivity contribution in [3.8, 4) is 0 Å². The van der Waals surface area contributed by atoms with E-state index in [4.69, 9.17) is 0 Å². The van der Waals surface area contributed by atoms with E-state index in [1.165, 1.54) is 0 Å². The van der Waals surface area contributed by atoms with Gasteiger partial charge in [0.05, 0.1) is 12.6 Å². The van der Waals surface area contributed by atoms with E-state index in [0.717, 1.165) is 41.2 Å². The largest absolute Gasteiger partial charge is 0.481 e. The van der Waals surface area contributed by atoms with Crippen LogP contribution >= 0.6 is 0 Å². The van der Waals surface area contributed by atoms with Crippen molar-refractivity contribution in [2.24, 2.45) is 0 Å². The maximum atomic E-state index is 11.6. The predicted octanol–water partition coefficient (Wildman–Crippen LogP) is 5.26. The molecule has 0 aliphatic carbocycles. The highest BCUT2D eigenvalue weighted by Crippen LogP contribution is 2.37. The number of benzene rings is 1. The van der Waals surface area contributed by atoms with Crippen LogP contribution in [0.2, 0.25) is 0 Å². The summed E-state index contributed by atoms with van der Waals surface area (Å²) in [4.78, 5) is 11.6. The molecule has 0 fully saturated rings. The van der Waals surface area contributed by atoms with Gasteiger partial charge in [-0.1, -0.05) is 48.5 Å². The fraction of sp³-hybridized carbons (Fsp3) is 0.545. The van der Waals surface area contributed by atoms with Gasteiger partial charge in [-0.15, -0.1) is 0 Å². The molecule has 0 spiro atoms. The Labute approximate surface area is 162 Å². The molecule has 148 valence electrons. The van der Waals surface area contributed by atoms with Crippen molar-refractivity contribution >= 4 is 17.5 Å². The summed E-state index contributed by atoms with van der Waals surface area (Å²) >= 11 is 0. The minimum Gasteiger partial charge on any atom is -0.481 e. The molecule has 0 aliphatic heterocycles. The summed E-state index contributed by atoms with van der Waals surface area (Å²) in [6, 6.07) is 6.15. The SMILES string of the molecule is CCCn1nccc1Nc1cc(C(C)(C)C)c(CC(=O)O)c(C(C)(C)C)c1. The highest BCUT2D eigenvalue weighted by Gasteiger charge is 2.27. The number of anilines is 2. The van der Waals surface area contributed by atoms with Crippen LogP contribution in [0.3, 0.4) is 0 Å². The molecule has 5 heteroatoms. The highest BCUT2D eigenvalue weighted by atomic mass is 16.4. The third kappa shape index (κ3) is 5.12. The van der Waals surface area contributed by atoms with Crippen molar-refractivity contribution in [3.63, 3.8) is 0 Å². The number of carboxylic acid groups (broad SMARTS) is 1. The maximum absolute atomic E-state index is 11.6. The first-order valence-corrected chi connectivity index (χ1v) is 9.62. The molecule has 0 radical (unpaired) electrons. The number of carboxylic acids is 1. The number of aromatic nitrogens is 2. The van der Waals surface area contributed by atoms with Gasteiger partial charge in [0.1, 0.15) is 5.82 Å². The Kier molecular flexibility index (Phi) is 6.03. The zero-order chi connectivity index (χ0) is 20.4. The van der Waals surface area contributed by atoms with Crippen LogP contribution in [0, 0.1) is 0 Å². The van der Waals surface area contributed by atoms with Gasteiger partial charge < -0.3 is 10.4 Å². The van der Waals surface area contributed by atoms with E-state index >= 15 is 0 Å². The van der Waals surface area contributed by atoms with Gasteiger partial charge in [0.2, 0.25) is 0 Å². The lowest BCUT2D eigenvalue weighted by Crippen LogP contribution is -2.23. The fourth-order valence-corrected chi connectivity index (χ4v) is 3.40. The van der Waals surface area contributed by atoms with Crippen molar-refractivity contribution in [1.82, 2.24) is 9.78 Å². The maximum Gasteiger partial charge on any atom is 0.307 e. The summed E-state index contributed by atoms with van der Waals surface area (Å²) in [5, 5.41) is 17.4. The standard InChI is InChI=1S/C22H33N3O2/c1-8-11-25-19(9-10-23-25)24-15-12-17(21(2,3)4)16(14-20(26)27)18(13-15)22(5,6)7/h9-10,12-13,24H,8,11,14H2,1-7H3,(H,26,27). The van der Waals surface area contributed by atoms with Crippen LogP contribution < -0.4 is 5.32 Å². The molecular weight excluding hydrogens is 338 g/mol. The van der Waals surface area contributed by atoms with E-state index in [0.29, 0.717) is 0 Å². The molecule has 1 heterocycles. The van der Waals surface area contributed by atoms with E-state index in [9.17, 15) is 9.90 Å². The Morgan fingerprint density at radius 2 is 1.67 bits per heavy atom. The van der Waals surface area contributed by atoms with Crippen molar-refractivity contribution in [2.45, 2.75) is 78.7 Å². The number of nitrogens with zero attached hydrogens (tertiary/aromatic N) is 2. The van der Waals surface area contributed by atoms with Gasteiger partial charge in [0, 0.05) is 18.3 Å². The fourth-order valence-electron chi connectivity index (χ4n) is 3.40.